The predicted octanol–water partition coefficient (Wildman–Crippen LogP) is 2.41. The molecule has 1 saturated heterocycles. The fraction of sp³-hybridized carbons (Fsp3) is 0.591. The largest absolute Gasteiger partial charge is 0.454 e. The first-order valence-electron chi connectivity index (χ1n) is 11.0. The van der Waals surface area contributed by atoms with Crippen molar-refractivity contribution >= 4 is 5.91 Å². The zero-order valence-corrected chi connectivity index (χ0v) is 17.4. The van der Waals surface area contributed by atoms with Crippen molar-refractivity contribution in [2.24, 2.45) is 5.92 Å². The van der Waals surface area contributed by atoms with E-state index in [2.05, 4.69) is 39.6 Å². The first-order valence-corrected chi connectivity index (χ1v) is 11.0. The number of fused-ring (bicyclic) bond motifs is 1. The first kappa shape index (κ1) is 19.4. The average molecular weight is 412 g/mol. The number of nitrogens with zero attached hydrogens (tertiary/aromatic N) is 4. The summed E-state index contributed by atoms with van der Waals surface area (Å²) < 4.78 is 12.8. The van der Waals surface area contributed by atoms with Crippen LogP contribution in [-0.4, -0.2) is 58.3 Å². The Bertz CT molecular complexity index is 902. The van der Waals surface area contributed by atoms with Crippen molar-refractivity contribution in [2.45, 2.75) is 51.1 Å². The lowest BCUT2D eigenvalue weighted by atomic mass is 9.98. The molecule has 1 saturated carbocycles. The van der Waals surface area contributed by atoms with E-state index >= 15 is 0 Å². The molecule has 1 aromatic carbocycles. The maximum atomic E-state index is 12.1. The molecule has 8 heteroatoms. The van der Waals surface area contributed by atoms with E-state index in [9.17, 15) is 4.79 Å². The van der Waals surface area contributed by atoms with Crippen molar-refractivity contribution < 1.29 is 14.3 Å². The fourth-order valence-electron chi connectivity index (χ4n) is 4.39. The van der Waals surface area contributed by atoms with E-state index in [-0.39, 0.29) is 5.91 Å². The molecular formula is C22H29N5O3. The molecule has 1 amide bonds. The number of rotatable bonds is 7. The maximum Gasteiger partial charge on any atom is 0.273 e. The van der Waals surface area contributed by atoms with Crippen LogP contribution in [0, 0.1) is 5.92 Å². The van der Waals surface area contributed by atoms with E-state index in [0.717, 1.165) is 63.2 Å². The minimum atomic E-state index is -0.0986. The van der Waals surface area contributed by atoms with Crippen LogP contribution in [0.4, 0.5) is 0 Å². The van der Waals surface area contributed by atoms with Crippen LogP contribution in [0.15, 0.2) is 24.4 Å². The van der Waals surface area contributed by atoms with Gasteiger partial charge in [0, 0.05) is 25.7 Å². The van der Waals surface area contributed by atoms with Gasteiger partial charge in [0.15, 0.2) is 17.2 Å². The summed E-state index contributed by atoms with van der Waals surface area (Å²) >= 11 is 0. The summed E-state index contributed by atoms with van der Waals surface area (Å²) in [4.78, 5) is 14.7. The molecule has 0 radical (unpaired) electrons. The molecule has 2 aromatic rings. The highest BCUT2D eigenvalue weighted by molar-refractivity contribution is 5.92. The van der Waals surface area contributed by atoms with Crippen LogP contribution in [0.1, 0.15) is 54.7 Å². The summed E-state index contributed by atoms with van der Waals surface area (Å²) in [6.07, 6.45) is 7.05. The number of carbonyl (C=O) groups is 1. The van der Waals surface area contributed by atoms with Gasteiger partial charge in [0.2, 0.25) is 6.79 Å². The molecule has 5 rings (SSSR count). The van der Waals surface area contributed by atoms with Crippen molar-refractivity contribution in [1.29, 1.82) is 0 Å². The lowest BCUT2D eigenvalue weighted by Crippen LogP contribution is -2.37. The van der Waals surface area contributed by atoms with Gasteiger partial charge in [-0.3, -0.25) is 4.79 Å². The number of likely N-dealkylation sites (tertiary alicyclic amines) is 1. The highest BCUT2D eigenvalue weighted by atomic mass is 16.7. The predicted molar refractivity (Wildman–Crippen MR) is 111 cm³/mol. The number of aromatic nitrogens is 3. The summed E-state index contributed by atoms with van der Waals surface area (Å²) in [6.45, 7) is 5.79. The van der Waals surface area contributed by atoms with E-state index in [1.54, 1.807) is 6.20 Å². The van der Waals surface area contributed by atoms with Gasteiger partial charge < -0.3 is 19.7 Å². The Kier molecular flexibility index (Phi) is 5.33. The molecular weight excluding hydrogens is 382 g/mol. The van der Waals surface area contributed by atoms with Crippen LogP contribution in [0.2, 0.25) is 0 Å². The summed E-state index contributed by atoms with van der Waals surface area (Å²) in [5, 5.41) is 11.3. The van der Waals surface area contributed by atoms with Crippen molar-refractivity contribution in [3.8, 4) is 11.5 Å². The third-order valence-electron chi connectivity index (χ3n) is 6.18. The Balaban J connectivity index is 1.09. The van der Waals surface area contributed by atoms with Gasteiger partial charge >= 0.3 is 0 Å². The highest BCUT2D eigenvalue weighted by Gasteiger charge is 2.27. The van der Waals surface area contributed by atoms with Crippen LogP contribution in [0.3, 0.4) is 0 Å². The quantitative estimate of drug-likeness (QED) is 0.754. The summed E-state index contributed by atoms with van der Waals surface area (Å²) in [7, 11) is 0. The molecule has 2 aliphatic heterocycles. The molecule has 160 valence electrons. The van der Waals surface area contributed by atoms with Crippen molar-refractivity contribution in [3.05, 3.63) is 35.7 Å². The van der Waals surface area contributed by atoms with E-state index in [1.165, 1.54) is 5.56 Å². The molecule has 1 N–H and O–H groups in total. The Hall–Kier alpha value is -2.61. The molecule has 3 heterocycles. The van der Waals surface area contributed by atoms with Gasteiger partial charge in [-0.25, -0.2) is 4.68 Å². The zero-order valence-electron chi connectivity index (χ0n) is 17.4. The minimum absolute atomic E-state index is 0.0986. The minimum Gasteiger partial charge on any atom is -0.454 e. The van der Waals surface area contributed by atoms with Crippen LogP contribution in [-0.2, 0) is 6.42 Å². The molecule has 1 aromatic heterocycles. The molecule has 2 fully saturated rings. The maximum absolute atomic E-state index is 12.1. The van der Waals surface area contributed by atoms with Gasteiger partial charge in [-0.05, 0) is 55.7 Å². The van der Waals surface area contributed by atoms with Crippen LogP contribution >= 0.6 is 0 Å². The van der Waals surface area contributed by atoms with Crippen molar-refractivity contribution in [3.63, 3.8) is 0 Å². The normalized spacial score (nSPS) is 20.3. The molecule has 3 aliphatic rings. The number of benzene rings is 1. The van der Waals surface area contributed by atoms with Crippen LogP contribution in [0.25, 0.3) is 0 Å². The molecule has 0 spiro atoms. The van der Waals surface area contributed by atoms with E-state index in [1.807, 2.05) is 10.7 Å². The van der Waals surface area contributed by atoms with Gasteiger partial charge in [0.05, 0.1) is 12.2 Å². The lowest BCUT2D eigenvalue weighted by molar-refractivity contribution is 0.0946. The second-order valence-corrected chi connectivity index (χ2v) is 8.86. The fourth-order valence-corrected chi connectivity index (χ4v) is 4.39. The number of hydrogen-bond acceptors (Lipinski definition) is 6. The number of nitrogens with one attached hydrogen (secondary N) is 1. The average Bonchev–Trinajstić information content (AvgIpc) is 3.23. The van der Waals surface area contributed by atoms with Gasteiger partial charge in [-0.15, -0.1) is 5.10 Å². The second kappa shape index (κ2) is 8.26. The topological polar surface area (TPSA) is 81.5 Å². The smallest absolute Gasteiger partial charge is 0.273 e. The Morgan fingerprint density at radius 1 is 1.20 bits per heavy atom. The van der Waals surface area contributed by atoms with Crippen LogP contribution < -0.4 is 14.8 Å². The van der Waals surface area contributed by atoms with Crippen molar-refractivity contribution in [1.82, 2.24) is 25.2 Å². The number of ether oxygens (including phenoxy) is 2. The van der Waals surface area contributed by atoms with E-state index in [4.69, 9.17) is 9.47 Å². The van der Waals surface area contributed by atoms with E-state index in [0.29, 0.717) is 30.5 Å². The number of carbonyl (C=O) groups excluding carboxylic acids is 1. The lowest BCUT2D eigenvalue weighted by Gasteiger charge is -2.33. The zero-order chi connectivity index (χ0) is 20.5. The molecule has 8 nitrogen and oxygen atoms in total. The van der Waals surface area contributed by atoms with Crippen molar-refractivity contribution in [2.75, 3.05) is 26.4 Å². The van der Waals surface area contributed by atoms with Gasteiger partial charge in [0.25, 0.3) is 5.91 Å². The third-order valence-corrected chi connectivity index (χ3v) is 6.18. The van der Waals surface area contributed by atoms with Gasteiger partial charge in [-0.1, -0.05) is 18.2 Å². The van der Waals surface area contributed by atoms with Gasteiger partial charge in [-0.2, -0.15) is 0 Å². The van der Waals surface area contributed by atoms with Crippen LogP contribution in [0.5, 0.6) is 11.5 Å². The van der Waals surface area contributed by atoms with Gasteiger partial charge in [0.1, 0.15) is 0 Å². The Labute approximate surface area is 176 Å². The summed E-state index contributed by atoms with van der Waals surface area (Å²) in [5.74, 6) is 2.16. The monoisotopic (exact) mass is 411 g/mol. The standard InChI is InChI=1S/C22H29N5O3/c1-15(10-16-2-5-20-21(11-16)30-14-29-20)12-26-8-6-18(7-9-26)27-13-19(24-25-27)22(28)23-17-3-4-17/h2,5,11,13,15,17-18H,3-4,6-10,12,14H2,1H3,(H,23,28). The third kappa shape index (κ3) is 4.43. The second-order valence-electron chi connectivity index (χ2n) is 8.86. The molecule has 30 heavy (non-hydrogen) atoms. The molecule has 1 aliphatic carbocycles. The SMILES string of the molecule is CC(Cc1ccc2c(c1)OCO2)CN1CCC(n2cc(C(=O)NC3CC3)nn2)CC1. The molecule has 0 bridgehead atoms. The molecule has 1 unspecified atom stereocenters. The van der Waals surface area contributed by atoms with E-state index < -0.39 is 0 Å². The first-order chi connectivity index (χ1) is 14.6. The summed E-state index contributed by atoms with van der Waals surface area (Å²) in [5.41, 5.74) is 1.72. The summed E-state index contributed by atoms with van der Waals surface area (Å²) in [6, 6.07) is 6.91. The highest BCUT2D eigenvalue weighted by Crippen LogP contribution is 2.33. The Morgan fingerprint density at radius 3 is 2.80 bits per heavy atom. The Morgan fingerprint density at radius 2 is 2.00 bits per heavy atom. The number of hydrogen-bond donors (Lipinski definition) is 1. The number of piperidine rings is 1. The molecule has 1 atom stereocenters. The number of amides is 1.